The topological polar surface area (TPSA) is 113 Å². The van der Waals surface area contributed by atoms with E-state index in [2.05, 4.69) is 0 Å². The predicted molar refractivity (Wildman–Crippen MR) is 147 cm³/mol. The van der Waals surface area contributed by atoms with Crippen LogP contribution in [0.15, 0.2) is 72.3 Å². The number of benzene rings is 3. The third-order valence-electron chi connectivity index (χ3n) is 6.76. The fraction of sp³-hybridized carbons (Fsp3) is 0.258. The van der Waals surface area contributed by atoms with Gasteiger partial charge in [-0.25, -0.2) is 0 Å². The molecule has 2 N–H and O–H groups in total. The number of phenolic OH excluding ortho intramolecular Hbond substituents is 1. The van der Waals surface area contributed by atoms with Crippen molar-refractivity contribution in [2.75, 3.05) is 19.1 Å². The van der Waals surface area contributed by atoms with E-state index in [-0.39, 0.29) is 28.9 Å². The fourth-order valence-corrected chi connectivity index (χ4v) is 4.59. The maximum atomic E-state index is 13.5. The molecular formula is C31H31NO7. The van der Waals surface area contributed by atoms with Crippen LogP contribution < -0.4 is 9.64 Å². The molecule has 4 rings (SSSR count). The monoisotopic (exact) mass is 529 g/mol. The van der Waals surface area contributed by atoms with E-state index in [1.165, 1.54) is 31.3 Å². The number of aromatic hydroxyl groups is 1. The summed E-state index contributed by atoms with van der Waals surface area (Å²) in [6.07, 6.45) is 0.0564. The maximum absolute atomic E-state index is 13.5. The van der Waals surface area contributed by atoms with Crippen LogP contribution in [0.25, 0.3) is 5.76 Å². The van der Waals surface area contributed by atoms with E-state index in [1.807, 2.05) is 26.8 Å². The van der Waals surface area contributed by atoms with Crippen LogP contribution in [0, 0.1) is 0 Å². The molecule has 8 heteroatoms. The minimum atomic E-state index is -0.986. The first-order valence-corrected chi connectivity index (χ1v) is 12.4. The molecule has 1 fully saturated rings. The molecule has 202 valence electrons. The van der Waals surface area contributed by atoms with E-state index < -0.39 is 23.7 Å². The maximum Gasteiger partial charge on any atom is 0.309 e. The molecule has 3 aromatic carbocycles. The highest BCUT2D eigenvalue weighted by Crippen LogP contribution is 2.44. The first-order chi connectivity index (χ1) is 18.5. The smallest absolute Gasteiger partial charge is 0.309 e. The summed E-state index contributed by atoms with van der Waals surface area (Å²) in [6.45, 7) is 6.08. The largest absolute Gasteiger partial charge is 0.508 e. The molecular weight excluding hydrogens is 498 g/mol. The van der Waals surface area contributed by atoms with Gasteiger partial charge in [0.2, 0.25) is 0 Å². The average Bonchev–Trinajstić information content (AvgIpc) is 3.18. The number of aliphatic hydroxyl groups is 1. The summed E-state index contributed by atoms with van der Waals surface area (Å²) >= 11 is 0. The van der Waals surface area contributed by atoms with E-state index in [4.69, 9.17) is 9.47 Å². The molecule has 1 unspecified atom stereocenters. The van der Waals surface area contributed by atoms with Crippen LogP contribution in [0.2, 0.25) is 0 Å². The van der Waals surface area contributed by atoms with E-state index in [0.717, 1.165) is 5.56 Å². The molecule has 1 heterocycles. The predicted octanol–water partition coefficient (Wildman–Crippen LogP) is 5.04. The molecule has 1 aliphatic heterocycles. The zero-order chi connectivity index (χ0) is 28.5. The number of ketones is 1. The van der Waals surface area contributed by atoms with Crippen LogP contribution in [0.3, 0.4) is 0 Å². The number of amides is 1. The normalized spacial score (nSPS) is 16.8. The number of hydrogen-bond donors (Lipinski definition) is 2. The second kappa shape index (κ2) is 10.6. The van der Waals surface area contributed by atoms with Crippen LogP contribution in [0.5, 0.6) is 11.5 Å². The van der Waals surface area contributed by atoms with E-state index in [9.17, 15) is 24.6 Å². The zero-order valence-corrected chi connectivity index (χ0v) is 22.5. The molecule has 0 aliphatic carbocycles. The number of ether oxygens (including phenoxy) is 2. The van der Waals surface area contributed by atoms with Crippen molar-refractivity contribution in [2.45, 2.75) is 38.6 Å². The van der Waals surface area contributed by atoms with Crippen molar-refractivity contribution in [3.63, 3.8) is 0 Å². The van der Waals surface area contributed by atoms with Gasteiger partial charge in [0.15, 0.2) is 0 Å². The Morgan fingerprint density at radius 1 is 0.949 bits per heavy atom. The van der Waals surface area contributed by atoms with E-state index >= 15 is 0 Å². The van der Waals surface area contributed by atoms with Crippen molar-refractivity contribution in [2.24, 2.45) is 0 Å². The van der Waals surface area contributed by atoms with Crippen LogP contribution in [0.4, 0.5) is 5.69 Å². The summed E-state index contributed by atoms with van der Waals surface area (Å²) in [7, 11) is 2.77. The van der Waals surface area contributed by atoms with Crippen LogP contribution in [0.1, 0.15) is 49.1 Å². The van der Waals surface area contributed by atoms with Crippen molar-refractivity contribution in [3.8, 4) is 11.5 Å². The van der Waals surface area contributed by atoms with Gasteiger partial charge in [-0.15, -0.1) is 0 Å². The Balaban J connectivity index is 1.91. The number of Topliss-reactive ketones (excluding diaryl/α,β-unsaturated/α-hetero) is 1. The van der Waals surface area contributed by atoms with E-state index in [1.54, 1.807) is 48.5 Å². The lowest BCUT2D eigenvalue weighted by atomic mass is 9.85. The van der Waals surface area contributed by atoms with Crippen LogP contribution in [-0.2, 0) is 31.0 Å². The second-order valence-electron chi connectivity index (χ2n) is 10.3. The Labute approximate surface area is 227 Å². The quantitative estimate of drug-likeness (QED) is 0.199. The number of nitrogens with zero attached hydrogens (tertiary/aromatic N) is 1. The first kappa shape index (κ1) is 27.4. The Morgan fingerprint density at radius 2 is 1.59 bits per heavy atom. The Kier molecular flexibility index (Phi) is 7.49. The summed E-state index contributed by atoms with van der Waals surface area (Å²) < 4.78 is 10.2. The lowest BCUT2D eigenvalue weighted by Crippen LogP contribution is -2.29. The van der Waals surface area contributed by atoms with Crippen molar-refractivity contribution in [3.05, 3.63) is 94.6 Å². The molecule has 39 heavy (non-hydrogen) atoms. The van der Waals surface area contributed by atoms with Gasteiger partial charge in [0.05, 0.1) is 37.8 Å². The number of esters is 1. The van der Waals surface area contributed by atoms with Gasteiger partial charge in [-0.1, -0.05) is 51.1 Å². The molecule has 3 aromatic rings. The molecule has 0 bridgehead atoms. The van der Waals surface area contributed by atoms with Crippen molar-refractivity contribution in [1.29, 1.82) is 0 Å². The SMILES string of the molecule is COC(=O)Cc1ccc(N2C(=O)C(=O)/C(=C(/O)c3cc(C(C)(C)C)ccc3OC)C2c2ccc(O)cc2)cc1. The van der Waals surface area contributed by atoms with E-state index in [0.29, 0.717) is 28.1 Å². The molecule has 1 atom stereocenters. The van der Waals surface area contributed by atoms with Gasteiger partial charge in [-0.05, 0) is 58.5 Å². The molecule has 8 nitrogen and oxygen atoms in total. The summed E-state index contributed by atoms with van der Waals surface area (Å²) in [5.41, 5.74) is 2.43. The van der Waals surface area contributed by atoms with Crippen LogP contribution in [-0.4, -0.2) is 42.1 Å². The summed E-state index contributed by atoms with van der Waals surface area (Å²) in [6, 6.07) is 17.1. The molecule has 0 aromatic heterocycles. The summed E-state index contributed by atoms with van der Waals surface area (Å²) in [5.74, 6) is -2.07. The Bertz CT molecular complexity index is 1450. The molecule has 0 saturated carbocycles. The second-order valence-corrected chi connectivity index (χ2v) is 10.3. The van der Waals surface area contributed by atoms with Gasteiger partial charge in [0.1, 0.15) is 17.3 Å². The number of aliphatic hydroxyl groups excluding tert-OH is 1. The fourth-order valence-electron chi connectivity index (χ4n) is 4.59. The number of hydrogen-bond acceptors (Lipinski definition) is 7. The average molecular weight is 530 g/mol. The Hall–Kier alpha value is -4.59. The number of carbonyl (C=O) groups excluding carboxylic acids is 3. The lowest BCUT2D eigenvalue weighted by Gasteiger charge is -2.26. The minimum Gasteiger partial charge on any atom is -0.508 e. The number of phenols is 1. The Morgan fingerprint density at radius 3 is 2.15 bits per heavy atom. The highest BCUT2D eigenvalue weighted by atomic mass is 16.5. The van der Waals surface area contributed by atoms with Gasteiger partial charge >= 0.3 is 5.97 Å². The third kappa shape index (κ3) is 5.36. The lowest BCUT2D eigenvalue weighted by molar-refractivity contribution is -0.139. The molecule has 0 spiro atoms. The molecule has 1 aliphatic rings. The van der Waals surface area contributed by atoms with Crippen molar-refractivity contribution < 1.29 is 34.1 Å². The molecule has 0 radical (unpaired) electrons. The zero-order valence-electron chi connectivity index (χ0n) is 22.5. The van der Waals surface area contributed by atoms with Crippen molar-refractivity contribution in [1.82, 2.24) is 0 Å². The number of carbonyl (C=O) groups is 3. The highest BCUT2D eigenvalue weighted by Gasteiger charge is 2.47. The minimum absolute atomic E-state index is 0.0161. The number of anilines is 1. The highest BCUT2D eigenvalue weighted by molar-refractivity contribution is 6.51. The summed E-state index contributed by atoms with van der Waals surface area (Å²) in [4.78, 5) is 40.0. The van der Waals surface area contributed by atoms with Gasteiger partial charge in [-0.3, -0.25) is 19.3 Å². The first-order valence-electron chi connectivity index (χ1n) is 12.4. The van der Waals surface area contributed by atoms with Crippen molar-refractivity contribution >= 4 is 29.1 Å². The van der Waals surface area contributed by atoms with Gasteiger partial charge in [0.25, 0.3) is 11.7 Å². The van der Waals surface area contributed by atoms with Gasteiger partial charge < -0.3 is 19.7 Å². The van der Waals surface area contributed by atoms with Crippen LogP contribution >= 0.6 is 0 Å². The molecule has 1 amide bonds. The summed E-state index contributed by atoms with van der Waals surface area (Å²) in [5, 5.41) is 21.5. The number of rotatable bonds is 6. The number of methoxy groups -OCH3 is 2. The molecule has 1 saturated heterocycles. The third-order valence-corrected chi connectivity index (χ3v) is 6.76. The standard InChI is InChI=1S/C31H31NO7/c1-31(2,3)20-10-15-24(38-4)23(17-20)28(35)26-27(19-8-13-22(33)14-9-19)32(30(37)29(26)36)21-11-6-18(7-12-21)16-25(34)39-5/h6-15,17,27,33,35H,16H2,1-5H3/b28-26+. The van der Waals surface area contributed by atoms with Gasteiger partial charge in [-0.2, -0.15) is 0 Å². The van der Waals surface area contributed by atoms with Gasteiger partial charge in [0, 0.05) is 5.69 Å².